The van der Waals surface area contributed by atoms with Crippen LogP contribution in [0.15, 0.2) is 23.4 Å². The van der Waals surface area contributed by atoms with Crippen molar-refractivity contribution in [3.05, 3.63) is 33.8 Å². The highest BCUT2D eigenvalue weighted by molar-refractivity contribution is 6.36. The molecule has 1 aromatic carbocycles. The highest BCUT2D eigenvalue weighted by atomic mass is 35.5. The summed E-state index contributed by atoms with van der Waals surface area (Å²) in [5.74, 6) is 0. The van der Waals surface area contributed by atoms with Crippen LogP contribution in [-0.4, -0.2) is 18.4 Å². The van der Waals surface area contributed by atoms with E-state index >= 15 is 0 Å². The molecule has 1 aliphatic heterocycles. The van der Waals surface area contributed by atoms with Gasteiger partial charge in [-0.3, -0.25) is 0 Å². The van der Waals surface area contributed by atoms with Crippen LogP contribution in [-0.2, 0) is 4.84 Å². The monoisotopic (exact) mass is 244 g/mol. The van der Waals surface area contributed by atoms with E-state index in [1.54, 1.807) is 18.2 Å². The zero-order chi connectivity index (χ0) is 10.8. The molecule has 0 saturated carbocycles. The summed E-state index contributed by atoms with van der Waals surface area (Å²) in [6.07, 6.45) is 0.631. The van der Waals surface area contributed by atoms with Crippen molar-refractivity contribution < 1.29 is 4.84 Å². The number of nitrogens with zero attached hydrogens (tertiary/aromatic N) is 1. The number of rotatable bonds is 2. The molecule has 0 aromatic heterocycles. The quantitative estimate of drug-likeness (QED) is 0.869. The standard InChI is InChI=1S/C10H10Cl2N2O/c11-6-1-2-9(12)8(3-6)10-4-7(5-13)15-14-10/h1-3,7H,4-5,13H2. The van der Waals surface area contributed by atoms with E-state index in [0.29, 0.717) is 23.0 Å². The molecule has 1 aromatic rings. The molecule has 0 fully saturated rings. The second kappa shape index (κ2) is 4.39. The van der Waals surface area contributed by atoms with Gasteiger partial charge in [-0.2, -0.15) is 0 Å². The predicted octanol–water partition coefficient (Wildman–Crippen LogP) is 2.45. The molecule has 0 spiro atoms. The summed E-state index contributed by atoms with van der Waals surface area (Å²) < 4.78 is 0. The second-order valence-corrected chi connectivity index (χ2v) is 4.17. The molecule has 1 heterocycles. The van der Waals surface area contributed by atoms with Crippen LogP contribution in [0.3, 0.4) is 0 Å². The van der Waals surface area contributed by atoms with Gasteiger partial charge in [-0.25, -0.2) is 0 Å². The highest BCUT2D eigenvalue weighted by Crippen LogP contribution is 2.25. The lowest BCUT2D eigenvalue weighted by Gasteiger charge is -2.04. The smallest absolute Gasteiger partial charge is 0.145 e. The molecule has 15 heavy (non-hydrogen) atoms. The Bertz CT molecular complexity index is 406. The molecule has 0 radical (unpaired) electrons. The van der Waals surface area contributed by atoms with Crippen molar-refractivity contribution in [2.24, 2.45) is 10.9 Å². The fourth-order valence-electron chi connectivity index (χ4n) is 1.43. The number of hydrogen-bond donors (Lipinski definition) is 1. The van der Waals surface area contributed by atoms with E-state index in [1.807, 2.05) is 0 Å². The largest absolute Gasteiger partial charge is 0.390 e. The molecule has 2 rings (SSSR count). The van der Waals surface area contributed by atoms with Crippen LogP contribution >= 0.6 is 23.2 Å². The summed E-state index contributed by atoms with van der Waals surface area (Å²) >= 11 is 11.9. The third-order valence-corrected chi connectivity index (χ3v) is 2.80. The fourth-order valence-corrected chi connectivity index (χ4v) is 1.83. The van der Waals surface area contributed by atoms with Crippen LogP contribution in [0.5, 0.6) is 0 Å². The number of nitrogens with two attached hydrogens (primary N) is 1. The van der Waals surface area contributed by atoms with Crippen molar-refractivity contribution in [3.8, 4) is 0 Å². The average Bonchev–Trinajstić information content (AvgIpc) is 2.70. The number of halogens is 2. The third kappa shape index (κ3) is 2.25. The highest BCUT2D eigenvalue weighted by Gasteiger charge is 2.22. The molecule has 2 N–H and O–H groups in total. The van der Waals surface area contributed by atoms with Gasteiger partial charge in [-0.1, -0.05) is 28.4 Å². The van der Waals surface area contributed by atoms with Crippen molar-refractivity contribution in [1.29, 1.82) is 0 Å². The summed E-state index contributed by atoms with van der Waals surface area (Å²) in [5, 5.41) is 5.21. The Balaban J connectivity index is 2.27. The molecule has 5 heteroatoms. The number of oxime groups is 1. The Morgan fingerprint density at radius 1 is 1.47 bits per heavy atom. The lowest BCUT2D eigenvalue weighted by molar-refractivity contribution is 0.0918. The lowest BCUT2D eigenvalue weighted by atomic mass is 10.1. The summed E-state index contributed by atoms with van der Waals surface area (Å²) in [5.41, 5.74) is 7.11. The Hall–Kier alpha value is -0.770. The van der Waals surface area contributed by atoms with Gasteiger partial charge in [0.25, 0.3) is 0 Å². The summed E-state index contributed by atoms with van der Waals surface area (Å²) in [4.78, 5) is 5.13. The Morgan fingerprint density at radius 2 is 2.27 bits per heavy atom. The molecule has 0 aliphatic carbocycles. The summed E-state index contributed by atoms with van der Waals surface area (Å²) in [6.45, 7) is 0.450. The maximum atomic E-state index is 6.04. The predicted molar refractivity (Wildman–Crippen MR) is 61.5 cm³/mol. The first kappa shape index (κ1) is 10.7. The molecule has 1 aliphatic rings. The lowest BCUT2D eigenvalue weighted by Crippen LogP contribution is -2.20. The Labute approximate surface area is 97.8 Å². The summed E-state index contributed by atoms with van der Waals surface area (Å²) in [7, 11) is 0. The normalized spacial score (nSPS) is 19.9. The zero-order valence-electron chi connectivity index (χ0n) is 7.91. The van der Waals surface area contributed by atoms with Crippen molar-refractivity contribution in [2.45, 2.75) is 12.5 Å². The first-order chi connectivity index (χ1) is 7.20. The minimum atomic E-state index is -0.0463. The van der Waals surface area contributed by atoms with Gasteiger partial charge >= 0.3 is 0 Å². The van der Waals surface area contributed by atoms with Crippen LogP contribution in [0, 0.1) is 0 Å². The van der Waals surface area contributed by atoms with Crippen molar-refractivity contribution in [1.82, 2.24) is 0 Å². The van der Waals surface area contributed by atoms with E-state index in [0.717, 1.165) is 11.3 Å². The van der Waals surface area contributed by atoms with E-state index in [1.165, 1.54) is 0 Å². The maximum absolute atomic E-state index is 6.04. The van der Waals surface area contributed by atoms with Crippen LogP contribution in [0.25, 0.3) is 0 Å². The van der Waals surface area contributed by atoms with Gasteiger partial charge in [0, 0.05) is 28.6 Å². The van der Waals surface area contributed by atoms with Gasteiger partial charge < -0.3 is 10.6 Å². The molecular formula is C10H10Cl2N2O. The minimum Gasteiger partial charge on any atom is -0.390 e. The summed E-state index contributed by atoms with van der Waals surface area (Å²) in [6, 6.07) is 5.27. The van der Waals surface area contributed by atoms with E-state index in [2.05, 4.69) is 5.16 Å². The second-order valence-electron chi connectivity index (χ2n) is 3.33. The molecule has 1 unspecified atom stereocenters. The van der Waals surface area contributed by atoms with Gasteiger partial charge in [0.2, 0.25) is 0 Å². The van der Waals surface area contributed by atoms with Crippen molar-refractivity contribution in [3.63, 3.8) is 0 Å². The topological polar surface area (TPSA) is 47.6 Å². The van der Waals surface area contributed by atoms with Crippen LogP contribution in [0.2, 0.25) is 10.0 Å². The Kier molecular flexibility index (Phi) is 3.14. The van der Waals surface area contributed by atoms with Gasteiger partial charge in [0.15, 0.2) is 0 Å². The first-order valence-corrected chi connectivity index (χ1v) is 5.34. The maximum Gasteiger partial charge on any atom is 0.145 e. The molecule has 80 valence electrons. The Morgan fingerprint density at radius 3 is 2.93 bits per heavy atom. The average molecular weight is 245 g/mol. The van der Waals surface area contributed by atoms with Gasteiger partial charge in [0.1, 0.15) is 6.10 Å². The van der Waals surface area contributed by atoms with E-state index < -0.39 is 0 Å². The van der Waals surface area contributed by atoms with Gasteiger partial charge in [-0.05, 0) is 18.2 Å². The molecule has 1 atom stereocenters. The number of benzene rings is 1. The number of hydrogen-bond acceptors (Lipinski definition) is 3. The van der Waals surface area contributed by atoms with E-state index in [-0.39, 0.29) is 6.10 Å². The van der Waals surface area contributed by atoms with Crippen LogP contribution in [0.4, 0.5) is 0 Å². The van der Waals surface area contributed by atoms with Gasteiger partial charge in [0.05, 0.1) is 5.71 Å². The SMILES string of the molecule is NCC1CC(c2cc(Cl)ccc2Cl)=NO1. The van der Waals surface area contributed by atoms with E-state index in [4.69, 9.17) is 33.8 Å². The first-order valence-electron chi connectivity index (χ1n) is 4.59. The molecule has 0 saturated heterocycles. The minimum absolute atomic E-state index is 0.0463. The van der Waals surface area contributed by atoms with Crippen LogP contribution in [0.1, 0.15) is 12.0 Å². The molecule has 0 bridgehead atoms. The fraction of sp³-hybridized carbons (Fsp3) is 0.300. The van der Waals surface area contributed by atoms with E-state index in [9.17, 15) is 0 Å². The molecular weight excluding hydrogens is 235 g/mol. The van der Waals surface area contributed by atoms with Gasteiger partial charge in [-0.15, -0.1) is 0 Å². The zero-order valence-corrected chi connectivity index (χ0v) is 9.42. The van der Waals surface area contributed by atoms with Crippen molar-refractivity contribution >= 4 is 28.9 Å². The van der Waals surface area contributed by atoms with Crippen LogP contribution < -0.4 is 5.73 Å². The molecule has 0 amide bonds. The molecule has 3 nitrogen and oxygen atoms in total. The van der Waals surface area contributed by atoms with Crippen molar-refractivity contribution in [2.75, 3.05) is 6.54 Å². The third-order valence-electron chi connectivity index (χ3n) is 2.24.